The zero-order chi connectivity index (χ0) is 15.5. The summed E-state index contributed by atoms with van der Waals surface area (Å²) in [5.74, 6) is 0. The lowest BCUT2D eigenvalue weighted by molar-refractivity contribution is 0.266. The monoisotopic (exact) mass is 309 g/mol. The quantitative estimate of drug-likeness (QED) is 0.918. The van der Waals surface area contributed by atoms with E-state index < -0.39 is 0 Å². The lowest BCUT2D eigenvalue weighted by Crippen LogP contribution is -2.43. The van der Waals surface area contributed by atoms with Crippen molar-refractivity contribution in [3.63, 3.8) is 0 Å². The topological polar surface area (TPSA) is 28.2 Å². The van der Waals surface area contributed by atoms with E-state index in [-0.39, 0.29) is 11.0 Å². The van der Waals surface area contributed by atoms with E-state index in [9.17, 15) is 0 Å². The van der Waals surface area contributed by atoms with Crippen LogP contribution in [0, 0.1) is 0 Å². The van der Waals surface area contributed by atoms with Crippen molar-refractivity contribution in [3.8, 4) is 0 Å². The van der Waals surface area contributed by atoms with Crippen LogP contribution in [0.1, 0.15) is 64.6 Å². The molecular weight excluding hydrogens is 278 g/mol. The molecule has 21 heavy (non-hydrogen) atoms. The number of hydrogen-bond acceptors (Lipinski definition) is 4. The Kier molecular flexibility index (Phi) is 5.44. The Bertz CT molecular complexity index is 449. The molecule has 1 aliphatic rings. The fourth-order valence-corrected chi connectivity index (χ4v) is 4.43. The average molecular weight is 310 g/mol. The summed E-state index contributed by atoms with van der Waals surface area (Å²) in [6, 6.07) is 0. The number of nitrogens with zero attached hydrogens (tertiary/aromatic N) is 2. The van der Waals surface area contributed by atoms with Crippen LogP contribution in [0.5, 0.6) is 0 Å². The molecule has 2 rings (SSSR count). The Morgan fingerprint density at radius 1 is 1.29 bits per heavy atom. The smallest absolute Gasteiger partial charge is 0.113 e. The van der Waals surface area contributed by atoms with Gasteiger partial charge in [-0.05, 0) is 38.9 Å². The van der Waals surface area contributed by atoms with Gasteiger partial charge in [-0.1, -0.05) is 34.6 Å². The van der Waals surface area contributed by atoms with E-state index in [0.29, 0.717) is 0 Å². The van der Waals surface area contributed by atoms with Crippen molar-refractivity contribution in [2.75, 3.05) is 26.2 Å². The molecule has 1 atom stereocenters. The zero-order valence-corrected chi connectivity index (χ0v) is 15.1. The summed E-state index contributed by atoms with van der Waals surface area (Å²) in [4.78, 5) is 7.59. The van der Waals surface area contributed by atoms with Crippen molar-refractivity contribution >= 4 is 11.3 Å². The predicted octanol–water partition coefficient (Wildman–Crippen LogP) is 3.75. The van der Waals surface area contributed by atoms with Crippen LogP contribution in [0.25, 0.3) is 0 Å². The molecule has 1 fully saturated rings. The van der Waals surface area contributed by atoms with Crippen molar-refractivity contribution in [1.29, 1.82) is 0 Å². The van der Waals surface area contributed by atoms with Crippen molar-refractivity contribution < 1.29 is 0 Å². The summed E-state index contributed by atoms with van der Waals surface area (Å²) in [5, 5.41) is 7.34. The summed E-state index contributed by atoms with van der Waals surface area (Å²) >= 11 is 1.85. The molecule has 120 valence electrons. The Morgan fingerprint density at radius 3 is 2.62 bits per heavy atom. The third-order valence-corrected chi connectivity index (χ3v) is 5.62. The van der Waals surface area contributed by atoms with Gasteiger partial charge in [0, 0.05) is 17.3 Å². The first-order valence-electron chi connectivity index (χ1n) is 8.35. The lowest BCUT2D eigenvalue weighted by Gasteiger charge is -2.32. The first-order chi connectivity index (χ1) is 9.91. The van der Waals surface area contributed by atoms with Gasteiger partial charge < -0.3 is 10.2 Å². The van der Waals surface area contributed by atoms with Gasteiger partial charge in [0.2, 0.25) is 0 Å². The van der Waals surface area contributed by atoms with E-state index in [1.54, 1.807) is 0 Å². The van der Waals surface area contributed by atoms with Crippen LogP contribution in [-0.2, 0) is 11.0 Å². The Hall–Kier alpha value is -0.450. The molecule has 0 radical (unpaired) electrons. The number of rotatable bonds is 4. The minimum Gasteiger partial charge on any atom is -0.306 e. The van der Waals surface area contributed by atoms with Gasteiger partial charge in [0.25, 0.3) is 0 Å². The molecule has 0 aliphatic carbocycles. The fourth-order valence-electron chi connectivity index (χ4n) is 3.15. The highest BCUT2D eigenvalue weighted by molar-refractivity contribution is 7.09. The van der Waals surface area contributed by atoms with Gasteiger partial charge in [-0.15, -0.1) is 11.3 Å². The highest BCUT2D eigenvalue weighted by atomic mass is 32.1. The molecule has 0 spiro atoms. The summed E-state index contributed by atoms with van der Waals surface area (Å²) in [6.45, 7) is 15.8. The zero-order valence-electron chi connectivity index (χ0n) is 14.3. The van der Waals surface area contributed by atoms with Crippen molar-refractivity contribution in [1.82, 2.24) is 15.2 Å². The number of aromatic nitrogens is 1. The number of nitrogens with one attached hydrogen (secondary N) is 1. The molecule has 2 heterocycles. The van der Waals surface area contributed by atoms with Crippen LogP contribution < -0.4 is 5.32 Å². The van der Waals surface area contributed by atoms with Gasteiger partial charge in [-0.2, -0.15) is 0 Å². The molecule has 1 saturated heterocycles. The van der Waals surface area contributed by atoms with E-state index >= 15 is 0 Å². The highest BCUT2D eigenvalue weighted by Crippen LogP contribution is 2.36. The largest absolute Gasteiger partial charge is 0.306 e. The van der Waals surface area contributed by atoms with Crippen LogP contribution >= 0.6 is 11.3 Å². The van der Waals surface area contributed by atoms with Gasteiger partial charge in [-0.3, -0.25) is 0 Å². The second-order valence-corrected chi connectivity index (χ2v) is 8.05. The molecule has 1 N–H and O–H groups in total. The van der Waals surface area contributed by atoms with Gasteiger partial charge in [0.15, 0.2) is 0 Å². The molecular formula is C17H31N3S. The van der Waals surface area contributed by atoms with E-state index in [2.05, 4.69) is 50.2 Å². The SMILES string of the molecule is CCNC1(c2nc(C(C)(C)C)cs2)CCCN(CC)CC1. The third-order valence-electron chi connectivity index (χ3n) is 4.58. The Morgan fingerprint density at radius 2 is 2.05 bits per heavy atom. The van der Waals surface area contributed by atoms with E-state index in [1.807, 2.05) is 11.3 Å². The van der Waals surface area contributed by atoms with Crippen molar-refractivity contribution in [3.05, 3.63) is 16.1 Å². The van der Waals surface area contributed by atoms with Crippen LogP contribution in [0.2, 0.25) is 0 Å². The number of likely N-dealkylation sites (tertiary alicyclic amines) is 1. The van der Waals surface area contributed by atoms with E-state index in [1.165, 1.54) is 43.1 Å². The number of thiazole rings is 1. The minimum atomic E-state index is 0.0901. The normalized spacial score (nSPS) is 25.0. The summed E-state index contributed by atoms with van der Waals surface area (Å²) in [6.07, 6.45) is 3.63. The molecule has 1 aliphatic heterocycles. The Balaban J connectivity index is 2.27. The summed E-state index contributed by atoms with van der Waals surface area (Å²) in [7, 11) is 0. The van der Waals surface area contributed by atoms with Gasteiger partial charge in [-0.25, -0.2) is 4.98 Å². The molecule has 0 aromatic carbocycles. The van der Waals surface area contributed by atoms with Gasteiger partial charge >= 0.3 is 0 Å². The van der Waals surface area contributed by atoms with Crippen molar-refractivity contribution in [2.45, 2.75) is 64.8 Å². The van der Waals surface area contributed by atoms with Crippen LogP contribution in [-0.4, -0.2) is 36.1 Å². The molecule has 1 aromatic rings. The molecule has 1 unspecified atom stereocenters. The second-order valence-electron chi connectivity index (χ2n) is 7.19. The summed E-state index contributed by atoms with van der Waals surface area (Å²) < 4.78 is 0. The maximum Gasteiger partial charge on any atom is 0.113 e. The van der Waals surface area contributed by atoms with Gasteiger partial charge in [0.1, 0.15) is 5.01 Å². The first kappa shape index (κ1) is 16.9. The van der Waals surface area contributed by atoms with E-state index in [0.717, 1.165) is 13.1 Å². The molecule has 0 saturated carbocycles. The van der Waals surface area contributed by atoms with Crippen LogP contribution in [0.3, 0.4) is 0 Å². The Labute approximate surface area is 134 Å². The van der Waals surface area contributed by atoms with Crippen molar-refractivity contribution in [2.24, 2.45) is 0 Å². The third kappa shape index (κ3) is 3.85. The average Bonchev–Trinajstić information content (AvgIpc) is 2.84. The maximum absolute atomic E-state index is 5.03. The lowest BCUT2D eigenvalue weighted by atomic mass is 9.90. The first-order valence-corrected chi connectivity index (χ1v) is 9.23. The molecule has 0 bridgehead atoms. The van der Waals surface area contributed by atoms with Gasteiger partial charge in [0.05, 0.1) is 11.2 Å². The molecule has 4 heteroatoms. The molecule has 0 amide bonds. The molecule has 3 nitrogen and oxygen atoms in total. The van der Waals surface area contributed by atoms with Crippen LogP contribution in [0.15, 0.2) is 5.38 Å². The predicted molar refractivity (Wildman–Crippen MR) is 92.1 cm³/mol. The van der Waals surface area contributed by atoms with E-state index in [4.69, 9.17) is 4.98 Å². The summed E-state index contributed by atoms with van der Waals surface area (Å²) in [5.41, 5.74) is 1.46. The standard InChI is InChI=1S/C17H31N3S/c1-6-18-17(9-8-11-20(7-2)12-10-17)15-19-14(13-21-15)16(3,4)5/h13,18H,6-12H2,1-5H3. The number of hydrogen-bond donors (Lipinski definition) is 1. The second kappa shape index (κ2) is 6.76. The molecule has 1 aromatic heterocycles. The highest BCUT2D eigenvalue weighted by Gasteiger charge is 2.36. The minimum absolute atomic E-state index is 0.0901. The maximum atomic E-state index is 5.03. The van der Waals surface area contributed by atoms with Crippen LogP contribution in [0.4, 0.5) is 0 Å². The fraction of sp³-hybridized carbons (Fsp3) is 0.824.